The molecule has 5 heteroatoms. The molecule has 0 heterocycles. The van der Waals surface area contributed by atoms with Gasteiger partial charge < -0.3 is 14.2 Å². The van der Waals surface area contributed by atoms with E-state index in [1.165, 1.54) is 0 Å². The lowest BCUT2D eigenvalue weighted by Crippen LogP contribution is -2.00. The Morgan fingerprint density at radius 2 is 1.43 bits per heavy atom. The monoisotopic (exact) mass is 370 g/mol. The third kappa shape index (κ3) is 3.44. The second-order valence-electron chi connectivity index (χ2n) is 4.36. The summed E-state index contributed by atoms with van der Waals surface area (Å²) in [5.41, 5.74) is 1.87. The molecule has 0 spiro atoms. The fraction of sp³-hybridized carbons (Fsp3) is 0.250. The normalized spacial score (nSPS) is 11.9. The largest absolute Gasteiger partial charge is 0.497 e. The molecule has 112 valence electrons. The van der Waals surface area contributed by atoms with Crippen molar-refractivity contribution < 1.29 is 14.2 Å². The summed E-state index contributed by atoms with van der Waals surface area (Å²) in [6.07, 6.45) is 0. The Morgan fingerprint density at radius 3 is 2.00 bits per heavy atom. The first kappa shape index (κ1) is 16.0. The van der Waals surface area contributed by atoms with E-state index in [4.69, 9.17) is 25.8 Å². The predicted octanol–water partition coefficient (Wildman–Crippen LogP) is 4.85. The molecular weight excluding hydrogens is 356 g/mol. The average Bonchev–Trinajstić information content (AvgIpc) is 2.53. The van der Waals surface area contributed by atoms with Gasteiger partial charge in [0.15, 0.2) is 0 Å². The van der Waals surface area contributed by atoms with Crippen LogP contribution >= 0.6 is 27.5 Å². The molecule has 0 saturated carbocycles. The summed E-state index contributed by atoms with van der Waals surface area (Å²) in [4.78, 5) is -0.129. The highest BCUT2D eigenvalue weighted by atomic mass is 79.9. The van der Waals surface area contributed by atoms with Crippen LogP contribution in [-0.2, 0) is 0 Å². The van der Waals surface area contributed by atoms with E-state index >= 15 is 0 Å². The molecule has 0 bridgehead atoms. The number of halogens is 2. The molecule has 21 heavy (non-hydrogen) atoms. The Bertz CT molecular complexity index is 631. The minimum absolute atomic E-state index is 0.129. The van der Waals surface area contributed by atoms with Gasteiger partial charge in [-0.25, -0.2) is 0 Å². The van der Waals surface area contributed by atoms with Gasteiger partial charge in [0.25, 0.3) is 0 Å². The molecule has 0 aromatic heterocycles. The number of methoxy groups -OCH3 is 3. The molecule has 0 amide bonds. The highest BCUT2D eigenvalue weighted by Gasteiger charge is 2.20. The number of rotatable bonds is 5. The summed E-state index contributed by atoms with van der Waals surface area (Å²) in [7, 11) is 4.91. The van der Waals surface area contributed by atoms with Crippen molar-refractivity contribution in [2.45, 2.75) is 4.83 Å². The van der Waals surface area contributed by atoms with Crippen molar-refractivity contribution >= 4 is 27.5 Å². The molecule has 2 aromatic carbocycles. The SMILES string of the molecule is COc1ccc(OC)c(C(Br)c2cc(Cl)ccc2OC)c1. The van der Waals surface area contributed by atoms with Crippen molar-refractivity contribution in [3.05, 3.63) is 52.5 Å². The van der Waals surface area contributed by atoms with Gasteiger partial charge in [-0.2, -0.15) is 0 Å². The Kier molecular flexibility index (Phi) is 5.37. The number of hydrogen-bond acceptors (Lipinski definition) is 3. The van der Waals surface area contributed by atoms with E-state index < -0.39 is 0 Å². The van der Waals surface area contributed by atoms with Gasteiger partial charge in [0.05, 0.1) is 26.2 Å². The molecule has 2 aromatic rings. The third-order valence-corrected chi connectivity index (χ3v) is 4.40. The van der Waals surface area contributed by atoms with Crippen LogP contribution in [0.4, 0.5) is 0 Å². The van der Waals surface area contributed by atoms with Crippen molar-refractivity contribution in [3.63, 3.8) is 0 Å². The van der Waals surface area contributed by atoms with Crippen molar-refractivity contribution in [3.8, 4) is 17.2 Å². The molecule has 0 aliphatic rings. The van der Waals surface area contributed by atoms with Gasteiger partial charge in [-0.15, -0.1) is 0 Å². The third-order valence-electron chi connectivity index (χ3n) is 3.17. The summed E-state index contributed by atoms with van der Waals surface area (Å²) in [5.74, 6) is 2.28. The maximum absolute atomic E-state index is 6.11. The highest BCUT2D eigenvalue weighted by Crippen LogP contribution is 2.42. The van der Waals surface area contributed by atoms with E-state index in [0.29, 0.717) is 5.02 Å². The maximum atomic E-state index is 6.11. The predicted molar refractivity (Wildman–Crippen MR) is 88.3 cm³/mol. The van der Waals surface area contributed by atoms with Crippen LogP contribution in [0.15, 0.2) is 36.4 Å². The van der Waals surface area contributed by atoms with Crippen molar-refractivity contribution in [2.24, 2.45) is 0 Å². The summed E-state index contributed by atoms with van der Waals surface area (Å²) in [6.45, 7) is 0. The lowest BCUT2D eigenvalue weighted by atomic mass is 10.0. The number of alkyl halides is 1. The fourth-order valence-corrected chi connectivity index (χ4v) is 3.00. The smallest absolute Gasteiger partial charge is 0.123 e. The van der Waals surface area contributed by atoms with Crippen LogP contribution in [-0.4, -0.2) is 21.3 Å². The number of benzene rings is 2. The average molecular weight is 372 g/mol. The van der Waals surface area contributed by atoms with Crippen molar-refractivity contribution in [1.82, 2.24) is 0 Å². The van der Waals surface area contributed by atoms with Gasteiger partial charge >= 0.3 is 0 Å². The van der Waals surface area contributed by atoms with Crippen molar-refractivity contribution in [2.75, 3.05) is 21.3 Å². The first-order chi connectivity index (χ1) is 10.1. The van der Waals surface area contributed by atoms with Gasteiger partial charge in [0.1, 0.15) is 17.2 Å². The first-order valence-electron chi connectivity index (χ1n) is 6.30. The molecule has 0 aliphatic carbocycles. The summed E-state index contributed by atoms with van der Waals surface area (Å²) >= 11 is 9.81. The van der Waals surface area contributed by atoms with E-state index in [1.54, 1.807) is 27.4 Å². The van der Waals surface area contributed by atoms with Gasteiger partial charge in [0, 0.05) is 16.1 Å². The molecular formula is C16H16BrClO3. The Balaban J connectivity index is 2.53. The zero-order chi connectivity index (χ0) is 15.4. The topological polar surface area (TPSA) is 27.7 Å². The molecule has 1 atom stereocenters. The Hall–Kier alpha value is -1.39. The van der Waals surface area contributed by atoms with Crippen LogP contribution in [0.3, 0.4) is 0 Å². The quantitative estimate of drug-likeness (QED) is 0.703. The van der Waals surface area contributed by atoms with Gasteiger partial charge in [-0.05, 0) is 36.4 Å². The van der Waals surface area contributed by atoms with Crippen LogP contribution < -0.4 is 14.2 Å². The number of ether oxygens (including phenoxy) is 3. The molecule has 3 nitrogen and oxygen atoms in total. The van der Waals surface area contributed by atoms with Crippen LogP contribution in [0, 0.1) is 0 Å². The second kappa shape index (κ2) is 7.05. The van der Waals surface area contributed by atoms with E-state index in [-0.39, 0.29) is 4.83 Å². The Labute approximate surface area is 137 Å². The molecule has 0 saturated heterocycles. The van der Waals surface area contributed by atoms with Gasteiger partial charge in [-0.1, -0.05) is 27.5 Å². The molecule has 0 fully saturated rings. The van der Waals surface area contributed by atoms with Crippen LogP contribution in [0.25, 0.3) is 0 Å². The number of hydrogen-bond donors (Lipinski definition) is 0. The summed E-state index contributed by atoms with van der Waals surface area (Å²) < 4.78 is 16.1. The van der Waals surface area contributed by atoms with Crippen LogP contribution in [0.5, 0.6) is 17.2 Å². The maximum Gasteiger partial charge on any atom is 0.123 e. The van der Waals surface area contributed by atoms with Gasteiger partial charge in [-0.3, -0.25) is 0 Å². The van der Waals surface area contributed by atoms with E-state index in [2.05, 4.69) is 15.9 Å². The fourth-order valence-electron chi connectivity index (χ4n) is 2.11. The first-order valence-corrected chi connectivity index (χ1v) is 7.59. The standard InChI is InChI=1S/C16H16BrClO3/c1-19-11-5-7-15(21-3)13(9-11)16(17)12-8-10(18)4-6-14(12)20-2/h4-9,16H,1-3H3. The zero-order valence-corrected chi connectivity index (χ0v) is 14.4. The molecule has 1 unspecified atom stereocenters. The molecule has 0 radical (unpaired) electrons. The van der Waals surface area contributed by atoms with Crippen LogP contribution in [0.2, 0.25) is 5.02 Å². The minimum atomic E-state index is -0.129. The van der Waals surface area contributed by atoms with E-state index in [9.17, 15) is 0 Å². The van der Waals surface area contributed by atoms with E-state index in [1.807, 2.05) is 30.3 Å². The molecule has 0 aliphatic heterocycles. The van der Waals surface area contributed by atoms with Crippen LogP contribution in [0.1, 0.15) is 16.0 Å². The van der Waals surface area contributed by atoms with Crippen molar-refractivity contribution in [1.29, 1.82) is 0 Å². The Morgan fingerprint density at radius 1 is 0.857 bits per heavy atom. The minimum Gasteiger partial charge on any atom is -0.497 e. The molecule has 2 rings (SSSR count). The summed E-state index contributed by atoms with van der Waals surface area (Å²) in [6, 6.07) is 11.2. The summed E-state index contributed by atoms with van der Waals surface area (Å²) in [5, 5.41) is 0.650. The lowest BCUT2D eigenvalue weighted by molar-refractivity contribution is 0.397. The lowest BCUT2D eigenvalue weighted by Gasteiger charge is -2.18. The van der Waals surface area contributed by atoms with Gasteiger partial charge in [0.2, 0.25) is 0 Å². The zero-order valence-electron chi connectivity index (χ0n) is 12.0. The second-order valence-corrected chi connectivity index (χ2v) is 5.71. The molecule has 0 N–H and O–H groups in total. The van der Waals surface area contributed by atoms with E-state index in [0.717, 1.165) is 28.4 Å². The highest BCUT2D eigenvalue weighted by molar-refractivity contribution is 9.09.